The van der Waals surface area contributed by atoms with Gasteiger partial charge in [-0.2, -0.15) is 22.5 Å². The van der Waals surface area contributed by atoms with Crippen LogP contribution >= 0.6 is 0 Å². The van der Waals surface area contributed by atoms with Crippen LogP contribution in [0.25, 0.3) is 0 Å². The fraction of sp³-hybridized carbons (Fsp3) is 0.455. The second-order valence-corrected chi connectivity index (χ2v) is 4.25. The van der Waals surface area contributed by atoms with Crippen molar-refractivity contribution in [2.45, 2.75) is 19.9 Å². The molecule has 0 radical (unpaired) electrons. The maximum Gasteiger partial charge on any atom is 0.253 e. The van der Waals surface area contributed by atoms with E-state index in [1.54, 1.807) is 13.8 Å². The molecular weight excluding hydrogens is 266 g/mol. The van der Waals surface area contributed by atoms with Gasteiger partial charge in [-0.15, -0.1) is 0 Å². The number of pyridine rings is 1. The summed E-state index contributed by atoms with van der Waals surface area (Å²) in [7, 11) is 1.14. The molecule has 1 heterocycles. The van der Waals surface area contributed by atoms with Gasteiger partial charge in [0.1, 0.15) is 5.69 Å². The summed E-state index contributed by atoms with van der Waals surface area (Å²) in [5.74, 6) is -7.33. The summed E-state index contributed by atoms with van der Waals surface area (Å²) in [5.41, 5.74) is -0.969. The quantitative estimate of drug-likeness (QED) is 0.672. The first kappa shape index (κ1) is 15.2. The van der Waals surface area contributed by atoms with E-state index < -0.39 is 41.7 Å². The zero-order chi connectivity index (χ0) is 14.7. The van der Waals surface area contributed by atoms with Crippen LogP contribution in [0.4, 0.5) is 23.2 Å². The van der Waals surface area contributed by atoms with E-state index >= 15 is 0 Å². The molecule has 0 unspecified atom stereocenters. The van der Waals surface area contributed by atoms with E-state index in [4.69, 9.17) is 0 Å². The molecule has 0 spiro atoms. The summed E-state index contributed by atoms with van der Waals surface area (Å²) in [5, 5.41) is 2.48. The molecule has 0 atom stereocenters. The summed E-state index contributed by atoms with van der Waals surface area (Å²) in [6.45, 7) is 2.95. The first-order chi connectivity index (χ1) is 8.73. The Bertz CT molecular complexity index is 467. The molecule has 1 amide bonds. The average Bonchev–Trinajstić information content (AvgIpc) is 2.25. The molecule has 0 saturated carbocycles. The lowest BCUT2D eigenvalue weighted by Gasteiger charge is -2.20. The Morgan fingerprint density at radius 2 is 1.68 bits per heavy atom. The Balaban J connectivity index is 3.00. The number of nitrogens with zero attached hydrogens (tertiary/aromatic N) is 2. The van der Waals surface area contributed by atoms with Crippen LogP contribution in [0, 0.1) is 23.5 Å². The van der Waals surface area contributed by atoms with Gasteiger partial charge in [0, 0.05) is 13.1 Å². The molecule has 1 aromatic heterocycles. The Kier molecular flexibility index (Phi) is 4.68. The number of carbonyl (C=O) groups excluding carboxylic acids is 1. The molecule has 106 valence electrons. The Labute approximate surface area is 107 Å². The van der Waals surface area contributed by atoms with Crippen LogP contribution in [0.2, 0.25) is 0 Å². The van der Waals surface area contributed by atoms with Crippen LogP contribution in [-0.4, -0.2) is 30.5 Å². The standard InChI is InChI=1S/C11H13F4N3O/c1-5(2)16-6(19)4-18(3)9-7(12)10(14)17-11(15)8(9)13/h5H,4H2,1-3H3,(H,16,19). The number of aromatic nitrogens is 1. The molecule has 0 fully saturated rings. The van der Waals surface area contributed by atoms with E-state index in [1.165, 1.54) is 0 Å². The lowest BCUT2D eigenvalue weighted by Crippen LogP contribution is -2.39. The number of nitrogens with one attached hydrogen (secondary N) is 1. The van der Waals surface area contributed by atoms with Gasteiger partial charge in [-0.05, 0) is 13.8 Å². The van der Waals surface area contributed by atoms with Crippen molar-refractivity contribution in [3.63, 3.8) is 0 Å². The van der Waals surface area contributed by atoms with Gasteiger partial charge in [0.25, 0.3) is 11.9 Å². The minimum absolute atomic E-state index is 0.165. The third-order valence-electron chi connectivity index (χ3n) is 2.19. The fourth-order valence-electron chi connectivity index (χ4n) is 1.47. The van der Waals surface area contributed by atoms with Crippen molar-refractivity contribution in [3.8, 4) is 0 Å². The smallest absolute Gasteiger partial charge is 0.253 e. The second-order valence-electron chi connectivity index (χ2n) is 4.25. The van der Waals surface area contributed by atoms with Gasteiger partial charge in [-0.3, -0.25) is 4.79 Å². The molecule has 0 aliphatic carbocycles. The number of likely N-dealkylation sites (N-methyl/N-ethyl adjacent to an activating group) is 1. The van der Waals surface area contributed by atoms with E-state index in [2.05, 4.69) is 10.3 Å². The minimum Gasteiger partial charge on any atom is -0.360 e. The topological polar surface area (TPSA) is 45.2 Å². The van der Waals surface area contributed by atoms with Gasteiger partial charge in [0.05, 0.1) is 6.54 Å². The number of amides is 1. The molecule has 1 aromatic rings. The molecule has 19 heavy (non-hydrogen) atoms. The van der Waals surface area contributed by atoms with Crippen molar-refractivity contribution in [2.24, 2.45) is 0 Å². The van der Waals surface area contributed by atoms with Crippen LogP contribution in [0.15, 0.2) is 0 Å². The molecule has 0 aromatic carbocycles. The molecule has 0 aliphatic rings. The first-order valence-electron chi connectivity index (χ1n) is 5.44. The van der Waals surface area contributed by atoms with E-state index in [0.29, 0.717) is 0 Å². The Morgan fingerprint density at radius 3 is 2.11 bits per heavy atom. The first-order valence-corrected chi connectivity index (χ1v) is 5.44. The highest BCUT2D eigenvalue weighted by molar-refractivity contribution is 5.81. The number of halogens is 4. The zero-order valence-corrected chi connectivity index (χ0v) is 10.6. The molecule has 1 rings (SSSR count). The van der Waals surface area contributed by atoms with Gasteiger partial charge < -0.3 is 10.2 Å². The monoisotopic (exact) mass is 279 g/mol. The highest BCUT2D eigenvalue weighted by Crippen LogP contribution is 2.24. The highest BCUT2D eigenvalue weighted by atomic mass is 19.2. The van der Waals surface area contributed by atoms with E-state index in [-0.39, 0.29) is 6.04 Å². The molecule has 4 nitrogen and oxygen atoms in total. The van der Waals surface area contributed by atoms with Crippen molar-refractivity contribution in [2.75, 3.05) is 18.5 Å². The predicted molar refractivity (Wildman–Crippen MR) is 60.6 cm³/mol. The predicted octanol–water partition coefficient (Wildman–Crippen LogP) is 1.60. The molecule has 0 aliphatic heterocycles. The third kappa shape index (κ3) is 3.55. The van der Waals surface area contributed by atoms with Crippen LogP contribution in [0.1, 0.15) is 13.8 Å². The van der Waals surface area contributed by atoms with Gasteiger partial charge in [-0.1, -0.05) is 0 Å². The molecule has 8 heteroatoms. The number of hydrogen-bond donors (Lipinski definition) is 1. The summed E-state index contributed by atoms with van der Waals surface area (Å²) < 4.78 is 52.6. The normalized spacial score (nSPS) is 10.7. The average molecular weight is 279 g/mol. The number of carbonyl (C=O) groups is 1. The Hall–Kier alpha value is -1.86. The second kappa shape index (κ2) is 5.85. The largest absolute Gasteiger partial charge is 0.360 e. The molecular formula is C11H13F4N3O. The number of anilines is 1. The van der Waals surface area contributed by atoms with Crippen molar-refractivity contribution in [3.05, 3.63) is 23.5 Å². The van der Waals surface area contributed by atoms with E-state index in [1.807, 2.05) is 0 Å². The molecule has 0 bridgehead atoms. The van der Waals surface area contributed by atoms with E-state index in [9.17, 15) is 22.4 Å². The van der Waals surface area contributed by atoms with Crippen molar-refractivity contribution in [1.29, 1.82) is 0 Å². The van der Waals surface area contributed by atoms with Crippen LogP contribution in [-0.2, 0) is 4.79 Å². The van der Waals surface area contributed by atoms with Gasteiger partial charge in [-0.25, -0.2) is 0 Å². The minimum atomic E-state index is -1.76. The lowest BCUT2D eigenvalue weighted by molar-refractivity contribution is -0.120. The van der Waals surface area contributed by atoms with Crippen LogP contribution in [0.3, 0.4) is 0 Å². The van der Waals surface area contributed by atoms with E-state index in [0.717, 1.165) is 11.9 Å². The molecule has 0 saturated heterocycles. The Morgan fingerprint density at radius 1 is 1.21 bits per heavy atom. The van der Waals surface area contributed by atoms with Crippen molar-refractivity contribution in [1.82, 2.24) is 10.3 Å². The van der Waals surface area contributed by atoms with Crippen molar-refractivity contribution < 1.29 is 22.4 Å². The van der Waals surface area contributed by atoms with Crippen LogP contribution < -0.4 is 10.2 Å². The van der Waals surface area contributed by atoms with Crippen LogP contribution in [0.5, 0.6) is 0 Å². The lowest BCUT2D eigenvalue weighted by atomic mass is 10.3. The third-order valence-corrected chi connectivity index (χ3v) is 2.19. The summed E-state index contributed by atoms with van der Waals surface area (Å²) in [6, 6.07) is -0.165. The number of rotatable bonds is 4. The molecule has 1 N–H and O–H groups in total. The van der Waals surface area contributed by atoms with Gasteiger partial charge >= 0.3 is 0 Å². The van der Waals surface area contributed by atoms with Gasteiger partial charge in [0.2, 0.25) is 17.5 Å². The zero-order valence-electron chi connectivity index (χ0n) is 10.6. The summed E-state index contributed by atoms with van der Waals surface area (Å²) in [6.07, 6.45) is 0. The fourth-order valence-corrected chi connectivity index (χ4v) is 1.47. The van der Waals surface area contributed by atoms with Gasteiger partial charge in [0.15, 0.2) is 0 Å². The number of hydrogen-bond acceptors (Lipinski definition) is 3. The summed E-state index contributed by atoms with van der Waals surface area (Å²) in [4.78, 5) is 14.6. The maximum atomic E-state index is 13.4. The summed E-state index contributed by atoms with van der Waals surface area (Å²) >= 11 is 0. The maximum absolute atomic E-state index is 13.4. The SMILES string of the molecule is CC(C)NC(=O)CN(C)c1c(F)c(F)nc(F)c1F. The highest BCUT2D eigenvalue weighted by Gasteiger charge is 2.24. The van der Waals surface area contributed by atoms with Crippen molar-refractivity contribution >= 4 is 11.6 Å².